The van der Waals surface area contributed by atoms with E-state index in [1.165, 1.54) is 0 Å². The monoisotopic (exact) mass is 322 g/mol. The molecule has 0 saturated heterocycles. The highest BCUT2D eigenvalue weighted by Crippen LogP contribution is 2.30. The summed E-state index contributed by atoms with van der Waals surface area (Å²) in [5.74, 6) is 0.825. The summed E-state index contributed by atoms with van der Waals surface area (Å²) < 4.78 is 3.59. The molecular formula is C18H18N4O2. The van der Waals surface area contributed by atoms with Gasteiger partial charge in [-0.15, -0.1) is 0 Å². The van der Waals surface area contributed by atoms with E-state index in [2.05, 4.69) is 9.97 Å². The van der Waals surface area contributed by atoms with Crippen LogP contribution < -0.4 is 0 Å². The Balaban J connectivity index is 1.78. The number of hydrogen-bond donors (Lipinski definition) is 2. The van der Waals surface area contributed by atoms with Crippen molar-refractivity contribution in [2.75, 3.05) is 0 Å². The van der Waals surface area contributed by atoms with Crippen LogP contribution in [0.25, 0.3) is 22.1 Å². The maximum absolute atomic E-state index is 10.7. The zero-order chi connectivity index (χ0) is 16.8. The number of nitrogens with zero attached hydrogens (tertiary/aromatic N) is 4. The fourth-order valence-corrected chi connectivity index (χ4v) is 3.14. The molecule has 0 amide bonds. The second kappa shape index (κ2) is 5.43. The first kappa shape index (κ1) is 14.9. The molecule has 0 radical (unpaired) electrons. The first-order valence-electron chi connectivity index (χ1n) is 7.77. The highest BCUT2D eigenvalue weighted by atomic mass is 16.3. The minimum atomic E-state index is -1.17. The fraction of sp³-hybridized carbons (Fsp3) is 0.222. The van der Waals surface area contributed by atoms with Gasteiger partial charge < -0.3 is 19.3 Å². The molecule has 2 aromatic heterocycles. The number of rotatable bonds is 3. The summed E-state index contributed by atoms with van der Waals surface area (Å²) >= 11 is 0. The molecule has 0 spiro atoms. The van der Waals surface area contributed by atoms with Gasteiger partial charge in [-0.25, -0.2) is 9.97 Å². The minimum absolute atomic E-state index is 0.413. The maximum atomic E-state index is 10.7. The Bertz CT molecular complexity index is 950. The minimum Gasteiger partial charge on any atom is -0.382 e. The number of aliphatic hydroxyl groups is 2. The Morgan fingerprint density at radius 1 is 0.708 bits per heavy atom. The Hall–Kier alpha value is -2.70. The average Bonchev–Trinajstić information content (AvgIpc) is 3.12. The van der Waals surface area contributed by atoms with Crippen molar-refractivity contribution in [3.8, 4) is 0 Å². The second-order valence-electron chi connectivity index (χ2n) is 5.93. The summed E-state index contributed by atoms with van der Waals surface area (Å²) in [6.07, 6.45) is -2.34. The average molecular weight is 322 g/mol. The third-order valence-electron chi connectivity index (χ3n) is 4.47. The molecule has 24 heavy (non-hydrogen) atoms. The summed E-state index contributed by atoms with van der Waals surface area (Å²) in [7, 11) is 3.66. The van der Waals surface area contributed by atoms with Crippen LogP contribution in [-0.4, -0.2) is 29.3 Å². The molecule has 0 aliphatic carbocycles. The van der Waals surface area contributed by atoms with E-state index in [9.17, 15) is 10.2 Å². The van der Waals surface area contributed by atoms with Gasteiger partial charge in [0.2, 0.25) is 0 Å². The lowest BCUT2D eigenvalue weighted by atomic mass is 10.2. The van der Waals surface area contributed by atoms with Crippen molar-refractivity contribution in [1.29, 1.82) is 0 Å². The van der Waals surface area contributed by atoms with Gasteiger partial charge in [0.05, 0.1) is 22.1 Å². The third-order valence-corrected chi connectivity index (χ3v) is 4.47. The van der Waals surface area contributed by atoms with Gasteiger partial charge >= 0.3 is 0 Å². The highest BCUT2D eigenvalue weighted by Gasteiger charge is 2.28. The van der Waals surface area contributed by atoms with Crippen molar-refractivity contribution in [3.05, 3.63) is 60.2 Å². The summed E-state index contributed by atoms with van der Waals surface area (Å²) in [6.45, 7) is 0. The van der Waals surface area contributed by atoms with Crippen LogP contribution in [0.3, 0.4) is 0 Å². The lowest BCUT2D eigenvalue weighted by Gasteiger charge is -2.17. The smallest absolute Gasteiger partial charge is 0.145 e. The Labute approximate surface area is 138 Å². The number of aromatic nitrogens is 4. The van der Waals surface area contributed by atoms with Gasteiger partial charge in [-0.3, -0.25) is 0 Å². The number of aliphatic hydroxyl groups excluding tert-OH is 2. The molecule has 0 saturated carbocycles. The van der Waals surface area contributed by atoms with Crippen molar-refractivity contribution in [1.82, 2.24) is 19.1 Å². The normalized spacial score (nSPS) is 14.3. The van der Waals surface area contributed by atoms with Gasteiger partial charge in [0.15, 0.2) is 0 Å². The van der Waals surface area contributed by atoms with Gasteiger partial charge in [-0.2, -0.15) is 0 Å². The zero-order valence-corrected chi connectivity index (χ0v) is 13.5. The van der Waals surface area contributed by atoms with E-state index in [1.807, 2.05) is 62.6 Å². The molecule has 2 aromatic carbocycles. The Morgan fingerprint density at radius 2 is 1.08 bits per heavy atom. The van der Waals surface area contributed by atoms with Crippen LogP contribution in [0.2, 0.25) is 0 Å². The van der Waals surface area contributed by atoms with Crippen molar-refractivity contribution in [2.45, 2.75) is 12.2 Å². The number of para-hydroxylation sites is 4. The van der Waals surface area contributed by atoms with E-state index >= 15 is 0 Å². The van der Waals surface area contributed by atoms with E-state index in [1.54, 1.807) is 9.13 Å². The van der Waals surface area contributed by atoms with Gasteiger partial charge in [0.1, 0.15) is 23.9 Å². The molecule has 2 N–H and O–H groups in total. The Kier molecular flexibility index (Phi) is 3.37. The molecule has 2 heterocycles. The largest absolute Gasteiger partial charge is 0.382 e. The van der Waals surface area contributed by atoms with E-state index < -0.39 is 12.2 Å². The summed E-state index contributed by atoms with van der Waals surface area (Å²) in [4.78, 5) is 8.92. The van der Waals surface area contributed by atoms with Crippen molar-refractivity contribution < 1.29 is 10.2 Å². The first-order valence-corrected chi connectivity index (χ1v) is 7.77. The highest BCUT2D eigenvalue weighted by molar-refractivity contribution is 5.76. The second-order valence-corrected chi connectivity index (χ2v) is 5.93. The summed E-state index contributed by atoms with van der Waals surface area (Å²) in [6, 6.07) is 15.3. The van der Waals surface area contributed by atoms with Crippen molar-refractivity contribution >= 4 is 22.1 Å². The van der Waals surface area contributed by atoms with E-state index in [-0.39, 0.29) is 0 Å². The van der Waals surface area contributed by atoms with Crippen LogP contribution in [0.4, 0.5) is 0 Å². The molecule has 4 rings (SSSR count). The molecule has 4 aromatic rings. The van der Waals surface area contributed by atoms with E-state index in [0.29, 0.717) is 11.6 Å². The SMILES string of the molecule is Cn1c([C@H](O)[C@@H](O)c2nc3ccccc3n2C)nc2ccccc21. The van der Waals surface area contributed by atoms with Crippen LogP contribution in [0.5, 0.6) is 0 Å². The number of fused-ring (bicyclic) bond motifs is 2. The predicted molar refractivity (Wildman–Crippen MR) is 91.3 cm³/mol. The van der Waals surface area contributed by atoms with Crippen molar-refractivity contribution in [3.63, 3.8) is 0 Å². The molecule has 0 unspecified atom stereocenters. The number of imidazole rings is 2. The van der Waals surface area contributed by atoms with Crippen LogP contribution in [0, 0.1) is 0 Å². The zero-order valence-electron chi connectivity index (χ0n) is 13.5. The quantitative estimate of drug-likeness (QED) is 0.606. The molecule has 6 heteroatoms. The molecule has 0 fully saturated rings. The molecule has 0 aliphatic heterocycles. The summed E-state index contributed by atoms with van der Waals surface area (Å²) in [5.41, 5.74) is 3.38. The van der Waals surface area contributed by atoms with Crippen LogP contribution in [0.1, 0.15) is 23.9 Å². The van der Waals surface area contributed by atoms with E-state index in [0.717, 1.165) is 22.1 Å². The molecule has 0 aliphatic rings. The van der Waals surface area contributed by atoms with Gasteiger partial charge in [0.25, 0.3) is 0 Å². The number of benzene rings is 2. The predicted octanol–water partition coefficient (Wildman–Crippen LogP) is 2.23. The number of aryl methyl sites for hydroxylation is 2. The lowest BCUT2D eigenvalue weighted by Crippen LogP contribution is -2.17. The lowest BCUT2D eigenvalue weighted by molar-refractivity contribution is 0.00394. The topological polar surface area (TPSA) is 76.1 Å². The first-order chi connectivity index (χ1) is 11.6. The summed E-state index contributed by atoms with van der Waals surface area (Å²) in [5, 5.41) is 21.4. The maximum Gasteiger partial charge on any atom is 0.145 e. The molecule has 122 valence electrons. The van der Waals surface area contributed by atoms with Crippen molar-refractivity contribution in [2.24, 2.45) is 14.1 Å². The van der Waals surface area contributed by atoms with Crippen LogP contribution >= 0.6 is 0 Å². The van der Waals surface area contributed by atoms with Crippen LogP contribution in [0.15, 0.2) is 48.5 Å². The molecule has 0 bridgehead atoms. The molecule has 6 nitrogen and oxygen atoms in total. The number of hydrogen-bond acceptors (Lipinski definition) is 4. The third kappa shape index (κ3) is 2.11. The van der Waals surface area contributed by atoms with E-state index in [4.69, 9.17) is 0 Å². The fourth-order valence-electron chi connectivity index (χ4n) is 3.14. The van der Waals surface area contributed by atoms with Gasteiger partial charge in [0, 0.05) is 14.1 Å². The standard InChI is InChI=1S/C18H18N4O2/c1-21-13-9-5-3-7-11(13)19-17(21)15(23)16(24)18-20-12-8-4-6-10-14(12)22(18)2/h3-10,15-16,23-24H,1-2H3/t15-,16-/m1/s1. The van der Waals surface area contributed by atoms with Gasteiger partial charge in [-0.1, -0.05) is 24.3 Å². The van der Waals surface area contributed by atoms with Gasteiger partial charge in [-0.05, 0) is 24.3 Å². The van der Waals surface area contributed by atoms with Crippen LogP contribution in [-0.2, 0) is 14.1 Å². The molecule has 2 atom stereocenters. The molecular weight excluding hydrogens is 304 g/mol. The Morgan fingerprint density at radius 3 is 1.46 bits per heavy atom.